The van der Waals surface area contributed by atoms with E-state index in [1.807, 2.05) is 6.07 Å². The van der Waals surface area contributed by atoms with E-state index >= 15 is 0 Å². The van der Waals surface area contributed by atoms with Crippen LogP contribution in [0.25, 0.3) is 0 Å². The highest BCUT2D eigenvalue weighted by Crippen LogP contribution is 2.46. The SMILES string of the molecule is CC1(C)CC1Nc1ncc(Cl)cc1Br. The molecular formula is C10H12BrClN2. The molecule has 1 heterocycles. The molecule has 1 N–H and O–H groups in total. The van der Waals surface area contributed by atoms with Gasteiger partial charge in [-0.2, -0.15) is 0 Å². The minimum Gasteiger partial charge on any atom is -0.366 e. The maximum Gasteiger partial charge on any atom is 0.140 e. The van der Waals surface area contributed by atoms with Crippen LogP contribution in [0.3, 0.4) is 0 Å². The molecule has 0 aromatic carbocycles. The van der Waals surface area contributed by atoms with Crippen molar-refractivity contribution in [3.05, 3.63) is 21.8 Å². The second-order valence-corrected chi connectivity index (χ2v) is 5.66. The Bertz CT molecular complexity index is 365. The van der Waals surface area contributed by atoms with Crippen molar-refractivity contribution in [2.45, 2.75) is 26.3 Å². The molecule has 0 bridgehead atoms. The third-order valence-electron chi connectivity index (χ3n) is 2.63. The lowest BCUT2D eigenvalue weighted by Crippen LogP contribution is -2.09. The average molecular weight is 276 g/mol. The van der Waals surface area contributed by atoms with E-state index in [9.17, 15) is 0 Å². The smallest absolute Gasteiger partial charge is 0.140 e. The summed E-state index contributed by atoms with van der Waals surface area (Å²) in [6.07, 6.45) is 2.85. The van der Waals surface area contributed by atoms with E-state index in [0.29, 0.717) is 16.5 Å². The van der Waals surface area contributed by atoms with Gasteiger partial charge in [-0.1, -0.05) is 25.4 Å². The van der Waals surface area contributed by atoms with Gasteiger partial charge in [0.15, 0.2) is 0 Å². The second-order valence-electron chi connectivity index (χ2n) is 4.37. The lowest BCUT2D eigenvalue weighted by atomic mass is 10.2. The average Bonchev–Trinajstić information content (AvgIpc) is 2.65. The molecular weight excluding hydrogens is 263 g/mol. The number of hydrogen-bond donors (Lipinski definition) is 1. The fourth-order valence-corrected chi connectivity index (χ4v) is 2.15. The van der Waals surface area contributed by atoms with Gasteiger partial charge in [0.05, 0.1) is 9.50 Å². The van der Waals surface area contributed by atoms with E-state index in [-0.39, 0.29) is 0 Å². The van der Waals surface area contributed by atoms with E-state index in [2.05, 4.69) is 40.1 Å². The Morgan fingerprint density at radius 2 is 2.29 bits per heavy atom. The first kappa shape index (κ1) is 10.2. The molecule has 76 valence electrons. The maximum absolute atomic E-state index is 5.80. The minimum absolute atomic E-state index is 0.404. The van der Waals surface area contributed by atoms with Gasteiger partial charge >= 0.3 is 0 Å². The summed E-state index contributed by atoms with van der Waals surface area (Å²) in [6, 6.07) is 2.39. The highest BCUT2D eigenvalue weighted by atomic mass is 79.9. The van der Waals surface area contributed by atoms with Gasteiger partial charge in [0.25, 0.3) is 0 Å². The van der Waals surface area contributed by atoms with Crippen LogP contribution in [-0.2, 0) is 0 Å². The summed E-state index contributed by atoms with van der Waals surface area (Å²) in [7, 11) is 0. The Balaban J connectivity index is 2.11. The van der Waals surface area contributed by atoms with Gasteiger partial charge < -0.3 is 5.32 Å². The zero-order chi connectivity index (χ0) is 10.3. The van der Waals surface area contributed by atoms with Crippen LogP contribution in [0.2, 0.25) is 5.02 Å². The fraction of sp³-hybridized carbons (Fsp3) is 0.500. The Morgan fingerprint density at radius 3 is 2.79 bits per heavy atom. The van der Waals surface area contributed by atoms with Gasteiger partial charge in [-0.15, -0.1) is 0 Å². The summed E-state index contributed by atoms with van der Waals surface area (Å²) in [5.74, 6) is 0.880. The van der Waals surface area contributed by atoms with Crippen molar-refractivity contribution in [2.24, 2.45) is 5.41 Å². The molecule has 1 aromatic heterocycles. The summed E-state index contributed by atoms with van der Waals surface area (Å²) in [4.78, 5) is 4.23. The van der Waals surface area contributed by atoms with Gasteiger partial charge in [0.2, 0.25) is 0 Å². The van der Waals surface area contributed by atoms with Crippen molar-refractivity contribution in [1.29, 1.82) is 0 Å². The quantitative estimate of drug-likeness (QED) is 0.890. The second kappa shape index (κ2) is 3.38. The highest BCUT2D eigenvalue weighted by Gasteiger charge is 2.46. The molecule has 14 heavy (non-hydrogen) atoms. The number of nitrogens with one attached hydrogen (secondary N) is 1. The summed E-state index contributed by atoms with van der Waals surface area (Å²) < 4.78 is 0.924. The number of aromatic nitrogens is 1. The molecule has 1 saturated carbocycles. The summed E-state index contributed by atoms with van der Waals surface area (Å²) in [5, 5.41) is 4.04. The molecule has 0 spiro atoms. The Morgan fingerprint density at radius 1 is 1.64 bits per heavy atom. The zero-order valence-corrected chi connectivity index (χ0v) is 10.5. The number of anilines is 1. The zero-order valence-electron chi connectivity index (χ0n) is 8.14. The van der Waals surface area contributed by atoms with E-state index < -0.39 is 0 Å². The Kier molecular flexibility index (Phi) is 2.48. The lowest BCUT2D eigenvalue weighted by molar-refractivity contribution is 0.630. The molecule has 0 saturated heterocycles. The topological polar surface area (TPSA) is 24.9 Å². The Labute approximate surface area is 97.2 Å². The molecule has 2 nitrogen and oxygen atoms in total. The van der Waals surface area contributed by atoms with E-state index in [0.717, 1.165) is 10.3 Å². The first-order valence-electron chi connectivity index (χ1n) is 4.56. The molecule has 0 radical (unpaired) electrons. The Hall–Kier alpha value is -0.280. The predicted octanol–water partition coefficient (Wildman–Crippen LogP) is 3.71. The molecule has 0 aliphatic heterocycles. The number of nitrogens with zero attached hydrogens (tertiary/aromatic N) is 1. The molecule has 1 aromatic rings. The molecule has 0 amide bonds. The van der Waals surface area contributed by atoms with Gasteiger partial charge in [0.1, 0.15) is 5.82 Å². The van der Waals surface area contributed by atoms with E-state index in [1.165, 1.54) is 6.42 Å². The first-order valence-corrected chi connectivity index (χ1v) is 5.74. The van der Waals surface area contributed by atoms with Crippen LogP contribution in [0, 0.1) is 5.41 Å². The third-order valence-corrected chi connectivity index (χ3v) is 3.44. The fourth-order valence-electron chi connectivity index (χ4n) is 1.40. The molecule has 1 aliphatic rings. The van der Waals surface area contributed by atoms with Gasteiger partial charge in [-0.3, -0.25) is 0 Å². The molecule has 1 aliphatic carbocycles. The van der Waals surface area contributed by atoms with Crippen molar-refractivity contribution in [3.8, 4) is 0 Å². The molecule has 2 rings (SSSR count). The lowest BCUT2D eigenvalue weighted by Gasteiger charge is -2.08. The van der Waals surface area contributed by atoms with Crippen LogP contribution in [0.15, 0.2) is 16.7 Å². The van der Waals surface area contributed by atoms with E-state index in [4.69, 9.17) is 11.6 Å². The first-order chi connectivity index (χ1) is 6.49. The van der Waals surface area contributed by atoms with Gasteiger partial charge in [-0.05, 0) is 33.8 Å². The van der Waals surface area contributed by atoms with Crippen LogP contribution >= 0.6 is 27.5 Å². The minimum atomic E-state index is 0.404. The monoisotopic (exact) mass is 274 g/mol. The van der Waals surface area contributed by atoms with Crippen molar-refractivity contribution in [1.82, 2.24) is 4.98 Å². The molecule has 4 heteroatoms. The molecule has 1 fully saturated rings. The van der Waals surface area contributed by atoms with Crippen molar-refractivity contribution in [2.75, 3.05) is 5.32 Å². The highest BCUT2D eigenvalue weighted by molar-refractivity contribution is 9.10. The summed E-state index contributed by atoms with van der Waals surface area (Å²) in [5.41, 5.74) is 0.404. The van der Waals surface area contributed by atoms with Crippen LogP contribution in [0.1, 0.15) is 20.3 Å². The predicted molar refractivity (Wildman–Crippen MR) is 62.8 cm³/mol. The van der Waals surface area contributed by atoms with Crippen molar-refractivity contribution < 1.29 is 0 Å². The summed E-state index contributed by atoms with van der Waals surface area (Å²) >= 11 is 9.24. The third kappa shape index (κ3) is 2.04. The van der Waals surface area contributed by atoms with Crippen LogP contribution in [0.4, 0.5) is 5.82 Å². The maximum atomic E-state index is 5.80. The van der Waals surface area contributed by atoms with Crippen molar-refractivity contribution >= 4 is 33.3 Å². The molecule has 1 unspecified atom stereocenters. The number of rotatable bonds is 2. The van der Waals surface area contributed by atoms with Crippen LogP contribution in [0.5, 0.6) is 0 Å². The molecule has 1 atom stereocenters. The van der Waals surface area contributed by atoms with Crippen LogP contribution in [-0.4, -0.2) is 11.0 Å². The normalized spacial score (nSPS) is 23.3. The van der Waals surface area contributed by atoms with Gasteiger partial charge in [-0.25, -0.2) is 4.98 Å². The summed E-state index contributed by atoms with van der Waals surface area (Å²) in [6.45, 7) is 4.49. The van der Waals surface area contributed by atoms with E-state index in [1.54, 1.807) is 6.20 Å². The number of pyridine rings is 1. The van der Waals surface area contributed by atoms with Gasteiger partial charge in [0, 0.05) is 12.2 Å². The number of halogens is 2. The number of hydrogen-bond acceptors (Lipinski definition) is 2. The van der Waals surface area contributed by atoms with Crippen molar-refractivity contribution in [3.63, 3.8) is 0 Å². The van der Waals surface area contributed by atoms with Crippen LogP contribution < -0.4 is 5.32 Å². The largest absolute Gasteiger partial charge is 0.366 e. The standard InChI is InChI=1S/C10H12BrClN2/c1-10(2)4-8(10)14-9-7(11)3-6(12)5-13-9/h3,5,8H,4H2,1-2H3,(H,13,14).